The second-order valence-electron chi connectivity index (χ2n) is 5.09. The second kappa shape index (κ2) is 4.82. The lowest BCUT2D eigenvalue weighted by molar-refractivity contribution is 0.378. The molecule has 3 heteroatoms. The zero-order valence-electron chi connectivity index (χ0n) is 11.6. The van der Waals surface area contributed by atoms with E-state index >= 15 is 0 Å². The molecule has 0 spiro atoms. The monoisotopic (exact) mass is 270 g/mol. The average molecular weight is 270 g/mol. The van der Waals surface area contributed by atoms with E-state index in [4.69, 9.17) is 4.99 Å². The van der Waals surface area contributed by atoms with Gasteiger partial charge in [0, 0.05) is 11.9 Å². The van der Waals surface area contributed by atoms with Crippen LogP contribution >= 0.6 is 11.3 Å². The number of thiophene rings is 1. The zero-order chi connectivity index (χ0) is 13.4. The summed E-state index contributed by atoms with van der Waals surface area (Å²) < 4.78 is 0. The Labute approximate surface area is 118 Å². The third kappa shape index (κ3) is 2.19. The van der Waals surface area contributed by atoms with Crippen molar-refractivity contribution in [3.8, 4) is 0 Å². The maximum atomic E-state index is 4.76. The molecule has 19 heavy (non-hydrogen) atoms. The van der Waals surface area contributed by atoms with Gasteiger partial charge < -0.3 is 4.90 Å². The van der Waals surface area contributed by atoms with Crippen molar-refractivity contribution in [1.82, 2.24) is 4.90 Å². The van der Waals surface area contributed by atoms with Gasteiger partial charge in [-0.15, -0.1) is 11.3 Å². The zero-order valence-corrected chi connectivity index (χ0v) is 12.4. The molecule has 98 valence electrons. The summed E-state index contributed by atoms with van der Waals surface area (Å²) >= 11 is 1.85. The lowest BCUT2D eigenvalue weighted by Crippen LogP contribution is -2.29. The minimum atomic E-state index is 0.396. The predicted octanol–water partition coefficient (Wildman–Crippen LogP) is 4.34. The normalized spacial score (nSPS) is 18.8. The summed E-state index contributed by atoms with van der Waals surface area (Å²) in [5.41, 5.74) is 3.83. The van der Waals surface area contributed by atoms with E-state index in [1.807, 2.05) is 11.3 Å². The molecule has 3 rings (SSSR count). The van der Waals surface area contributed by atoms with Crippen molar-refractivity contribution in [3.05, 3.63) is 51.7 Å². The third-order valence-electron chi connectivity index (χ3n) is 3.87. The molecule has 1 atom stereocenters. The highest BCUT2D eigenvalue weighted by Gasteiger charge is 2.25. The largest absolute Gasteiger partial charge is 0.355 e. The summed E-state index contributed by atoms with van der Waals surface area (Å²) in [5, 5.41) is 2.18. The van der Waals surface area contributed by atoms with Gasteiger partial charge in [0.15, 0.2) is 0 Å². The Morgan fingerprint density at radius 1 is 1.21 bits per heavy atom. The molecular formula is C16H18N2S. The van der Waals surface area contributed by atoms with Gasteiger partial charge in [-0.05, 0) is 48.9 Å². The van der Waals surface area contributed by atoms with Crippen LogP contribution in [0.4, 0.5) is 5.69 Å². The lowest BCUT2D eigenvalue weighted by atomic mass is 10.0. The van der Waals surface area contributed by atoms with Crippen LogP contribution < -0.4 is 0 Å². The van der Waals surface area contributed by atoms with Crippen LogP contribution in [0.15, 0.2) is 40.7 Å². The first-order valence-electron chi connectivity index (χ1n) is 6.57. The van der Waals surface area contributed by atoms with Gasteiger partial charge in [-0.3, -0.25) is 0 Å². The average Bonchev–Trinajstić information content (AvgIpc) is 2.77. The molecule has 0 bridgehead atoms. The van der Waals surface area contributed by atoms with Gasteiger partial charge in [0.05, 0.1) is 11.7 Å². The molecule has 1 aromatic heterocycles. The Morgan fingerprint density at radius 3 is 2.74 bits per heavy atom. The molecule has 0 N–H and O–H groups in total. The van der Waals surface area contributed by atoms with Crippen LogP contribution in [0.25, 0.3) is 0 Å². The molecule has 0 radical (unpaired) electrons. The molecule has 2 nitrogen and oxygen atoms in total. The van der Waals surface area contributed by atoms with Crippen LogP contribution in [-0.2, 0) is 6.42 Å². The molecule has 0 fully saturated rings. The highest BCUT2D eigenvalue weighted by atomic mass is 32.1. The van der Waals surface area contributed by atoms with Gasteiger partial charge in [-0.1, -0.05) is 18.2 Å². The van der Waals surface area contributed by atoms with Crippen molar-refractivity contribution in [2.24, 2.45) is 4.99 Å². The number of nitrogens with zero attached hydrogens (tertiary/aromatic N) is 2. The van der Waals surface area contributed by atoms with Crippen molar-refractivity contribution >= 4 is 22.9 Å². The molecule has 2 heterocycles. The number of hydrogen-bond donors (Lipinski definition) is 0. The third-order valence-corrected chi connectivity index (χ3v) is 4.99. The molecule has 1 aliphatic heterocycles. The summed E-state index contributed by atoms with van der Waals surface area (Å²) in [6.45, 7) is 4.29. The molecule has 0 saturated heterocycles. The molecule has 0 saturated carbocycles. The van der Waals surface area contributed by atoms with Gasteiger partial charge in [-0.2, -0.15) is 0 Å². The maximum absolute atomic E-state index is 4.76. The SMILES string of the molecule is CC1=Nc2ccccc2CC(c2sccc2C)N1C. The van der Waals surface area contributed by atoms with Gasteiger partial charge in [0.2, 0.25) is 0 Å². The Bertz CT molecular complexity index is 627. The second-order valence-corrected chi connectivity index (χ2v) is 6.03. The summed E-state index contributed by atoms with van der Waals surface area (Å²) in [4.78, 5) is 8.51. The molecule has 1 aromatic carbocycles. The Kier molecular flexibility index (Phi) is 3.15. The van der Waals surface area contributed by atoms with Crippen LogP contribution in [0.2, 0.25) is 0 Å². The number of amidine groups is 1. The minimum Gasteiger partial charge on any atom is -0.355 e. The molecule has 1 aliphatic rings. The van der Waals surface area contributed by atoms with E-state index in [9.17, 15) is 0 Å². The summed E-state index contributed by atoms with van der Waals surface area (Å²) in [6.07, 6.45) is 1.02. The first-order valence-corrected chi connectivity index (χ1v) is 7.45. The number of aryl methyl sites for hydroxylation is 1. The van der Waals surface area contributed by atoms with E-state index in [1.165, 1.54) is 16.0 Å². The van der Waals surface area contributed by atoms with Gasteiger partial charge in [-0.25, -0.2) is 4.99 Å². The highest BCUT2D eigenvalue weighted by Crippen LogP contribution is 2.36. The fraction of sp³-hybridized carbons (Fsp3) is 0.312. The Balaban J connectivity index is 2.09. The van der Waals surface area contributed by atoms with Gasteiger partial charge in [0.1, 0.15) is 5.84 Å². The molecular weight excluding hydrogens is 252 g/mol. The van der Waals surface area contributed by atoms with Crippen molar-refractivity contribution in [2.75, 3.05) is 7.05 Å². The molecule has 1 unspecified atom stereocenters. The first kappa shape index (κ1) is 12.4. The van der Waals surface area contributed by atoms with Crippen LogP contribution in [0.5, 0.6) is 0 Å². The fourth-order valence-corrected chi connectivity index (χ4v) is 3.68. The van der Waals surface area contributed by atoms with E-state index in [0.717, 1.165) is 17.9 Å². The lowest BCUT2D eigenvalue weighted by Gasteiger charge is -2.27. The Morgan fingerprint density at radius 2 is 2.00 bits per heavy atom. The van der Waals surface area contributed by atoms with Crippen LogP contribution in [0.3, 0.4) is 0 Å². The summed E-state index contributed by atoms with van der Waals surface area (Å²) in [5.74, 6) is 1.09. The number of hydrogen-bond acceptors (Lipinski definition) is 3. The van der Waals surface area contributed by atoms with Gasteiger partial charge in [0.25, 0.3) is 0 Å². The number of rotatable bonds is 1. The quantitative estimate of drug-likeness (QED) is 0.753. The number of likely N-dealkylation sites (N-methyl/N-ethyl adjacent to an activating group) is 1. The predicted molar refractivity (Wildman–Crippen MR) is 82.5 cm³/mol. The highest BCUT2D eigenvalue weighted by molar-refractivity contribution is 7.10. The topological polar surface area (TPSA) is 15.6 Å². The first-order chi connectivity index (χ1) is 9.16. The standard InChI is InChI=1S/C16H18N2S/c1-11-8-9-19-16(11)15-10-13-6-4-5-7-14(13)17-12(2)18(15)3/h4-9,15H,10H2,1-3H3. The molecule has 2 aromatic rings. The van der Waals surface area contributed by atoms with E-state index in [1.54, 1.807) is 0 Å². The number of benzene rings is 1. The van der Waals surface area contributed by atoms with Crippen molar-refractivity contribution in [2.45, 2.75) is 26.3 Å². The minimum absolute atomic E-state index is 0.396. The number of fused-ring (bicyclic) bond motifs is 1. The molecule has 0 aliphatic carbocycles. The van der Waals surface area contributed by atoms with E-state index in [-0.39, 0.29) is 0 Å². The van der Waals surface area contributed by atoms with Crippen LogP contribution in [-0.4, -0.2) is 17.8 Å². The summed E-state index contributed by atoms with van der Waals surface area (Å²) in [6, 6.07) is 11.1. The maximum Gasteiger partial charge on any atom is 0.102 e. The number of aliphatic imine (C=N–C) groups is 1. The van der Waals surface area contributed by atoms with Crippen molar-refractivity contribution < 1.29 is 0 Å². The fourth-order valence-electron chi connectivity index (χ4n) is 2.61. The van der Waals surface area contributed by atoms with Crippen molar-refractivity contribution in [1.29, 1.82) is 0 Å². The van der Waals surface area contributed by atoms with Crippen LogP contribution in [0, 0.1) is 6.92 Å². The van der Waals surface area contributed by atoms with Gasteiger partial charge >= 0.3 is 0 Å². The molecule has 0 amide bonds. The smallest absolute Gasteiger partial charge is 0.102 e. The van der Waals surface area contributed by atoms with E-state index in [2.05, 4.69) is 61.5 Å². The number of para-hydroxylation sites is 1. The van der Waals surface area contributed by atoms with E-state index < -0.39 is 0 Å². The van der Waals surface area contributed by atoms with E-state index in [0.29, 0.717) is 6.04 Å². The van der Waals surface area contributed by atoms with Crippen LogP contribution in [0.1, 0.15) is 29.0 Å². The summed E-state index contributed by atoms with van der Waals surface area (Å²) in [7, 11) is 2.15. The van der Waals surface area contributed by atoms with Crippen molar-refractivity contribution in [3.63, 3.8) is 0 Å². The Hall–Kier alpha value is -1.61.